The monoisotopic (exact) mass is 990 g/mol. The van der Waals surface area contributed by atoms with Crippen LogP contribution in [-0.2, 0) is 20.1 Å². The SMILES string of the molecule is CC(C)c1cccc(C(C)C)c1-n1c(-c2[c-]ccc3c2sc2nc4ccc(F)cc4cc23)nc2ccccc21.[2H]C(C)(C)c1cc(-c2[c-]cccc2)ncc1[Si](C)(C)C.[Ir]. The zero-order chi connectivity index (χ0) is 41.8. The molecule has 1 radical (unpaired) electrons. The fraction of sp³-hybridized carbons (Fsp3) is 0.235. The van der Waals surface area contributed by atoms with Gasteiger partial charge >= 0.3 is 0 Å². The van der Waals surface area contributed by atoms with Gasteiger partial charge < -0.3 is 9.55 Å². The van der Waals surface area contributed by atoms with Crippen LogP contribution in [0, 0.1) is 17.9 Å². The average molecular weight is 990 g/mol. The van der Waals surface area contributed by atoms with Crippen molar-refractivity contribution in [3.63, 3.8) is 0 Å². The second-order valence-electron chi connectivity index (χ2n) is 16.9. The maximum Gasteiger partial charge on any atom is 0.123 e. The van der Waals surface area contributed by atoms with E-state index in [0.29, 0.717) is 11.8 Å². The summed E-state index contributed by atoms with van der Waals surface area (Å²) < 4.78 is 25.9. The second kappa shape index (κ2) is 17.0. The number of pyridine rings is 2. The van der Waals surface area contributed by atoms with Gasteiger partial charge in [-0.15, -0.1) is 54.1 Å². The molecule has 0 bridgehead atoms. The number of benzene rings is 5. The van der Waals surface area contributed by atoms with E-state index < -0.39 is 14.0 Å². The van der Waals surface area contributed by atoms with Gasteiger partial charge in [0.05, 0.1) is 30.4 Å². The number of hydrogen-bond acceptors (Lipinski definition) is 4. The molecule has 301 valence electrons. The van der Waals surface area contributed by atoms with Crippen LogP contribution in [0.15, 0.2) is 115 Å². The molecule has 9 aromatic rings. The third kappa shape index (κ3) is 8.21. The van der Waals surface area contributed by atoms with E-state index >= 15 is 0 Å². The van der Waals surface area contributed by atoms with Gasteiger partial charge in [0.2, 0.25) is 0 Å². The molecule has 0 aliphatic carbocycles. The first-order chi connectivity index (χ1) is 28.1. The number of fused-ring (bicyclic) bond motifs is 5. The van der Waals surface area contributed by atoms with Crippen LogP contribution in [0.3, 0.4) is 0 Å². The molecule has 0 saturated heterocycles. The molecule has 4 nitrogen and oxygen atoms in total. The van der Waals surface area contributed by atoms with Gasteiger partial charge in [0.25, 0.3) is 0 Å². The molecule has 4 aromatic heterocycles. The Balaban J connectivity index is 0.000000220. The molecule has 59 heavy (non-hydrogen) atoms. The van der Waals surface area contributed by atoms with Crippen LogP contribution in [0.4, 0.5) is 4.39 Å². The summed E-state index contributed by atoms with van der Waals surface area (Å²) in [6.45, 7) is 19.8. The summed E-state index contributed by atoms with van der Waals surface area (Å²) in [4.78, 5) is 15.7. The van der Waals surface area contributed by atoms with Crippen molar-refractivity contribution in [2.24, 2.45) is 0 Å². The zero-order valence-corrected chi connectivity index (χ0v) is 39.2. The molecule has 0 saturated carbocycles. The van der Waals surface area contributed by atoms with Crippen molar-refractivity contribution in [2.75, 3.05) is 0 Å². The summed E-state index contributed by atoms with van der Waals surface area (Å²) in [6.07, 6.45) is 1.98. The van der Waals surface area contributed by atoms with Crippen molar-refractivity contribution in [2.45, 2.75) is 78.9 Å². The number of nitrogens with zero attached hydrogens (tertiary/aromatic N) is 4. The number of hydrogen-bond donors (Lipinski definition) is 0. The van der Waals surface area contributed by atoms with Gasteiger partial charge in [-0.05, 0) is 80.8 Å². The van der Waals surface area contributed by atoms with Crippen molar-refractivity contribution in [3.8, 4) is 28.3 Å². The zero-order valence-electron chi connectivity index (χ0n) is 36.0. The van der Waals surface area contributed by atoms with Gasteiger partial charge in [-0.2, -0.15) is 11.3 Å². The first-order valence-electron chi connectivity index (χ1n) is 20.5. The Morgan fingerprint density at radius 3 is 2.14 bits per heavy atom. The first kappa shape index (κ1) is 40.9. The van der Waals surface area contributed by atoms with Crippen LogP contribution in [0.2, 0.25) is 19.6 Å². The minimum atomic E-state index is -1.50. The summed E-state index contributed by atoms with van der Waals surface area (Å²) in [7, 11) is -1.50. The topological polar surface area (TPSA) is 43.6 Å². The predicted molar refractivity (Wildman–Crippen MR) is 247 cm³/mol. The molecule has 0 N–H and O–H groups in total. The van der Waals surface area contributed by atoms with Crippen LogP contribution in [-0.4, -0.2) is 27.6 Å². The maximum atomic E-state index is 14.0. The quantitative estimate of drug-likeness (QED) is 0.118. The van der Waals surface area contributed by atoms with Crippen molar-refractivity contribution >= 4 is 66.8 Å². The summed E-state index contributed by atoms with van der Waals surface area (Å²) in [5.41, 5.74) is 10.6. The van der Waals surface area contributed by atoms with Gasteiger partial charge in [-0.1, -0.05) is 114 Å². The average Bonchev–Trinajstić information content (AvgIpc) is 3.77. The first-order valence-corrected chi connectivity index (χ1v) is 24.3. The Hall–Kier alpha value is -4.85. The summed E-state index contributed by atoms with van der Waals surface area (Å²) >= 11 is 1.65. The minimum absolute atomic E-state index is 0. The van der Waals surface area contributed by atoms with Crippen LogP contribution in [0.1, 0.15) is 77.3 Å². The van der Waals surface area contributed by atoms with Gasteiger partial charge in [0.1, 0.15) is 10.6 Å². The summed E-state index contributed by atoms with van der Waals surface area (Å²) in [5.74, 6) is 0.694. The molecule has 0 fully saturated rings. The Kier molecular flexibility index (Phi) is 11.8. The normalized spacial score (nSPS) is 12.3. The van der Waals surface area contributed by atoms with Crippen molar-refractivity contribution in [3.05, 3.63) is 150 Å². The molecule has 0 atom stereocenters. The van der Waals surface area contributed by atoms with Crippen LogP contribution in [0.5, 0.6) is 0 Å². The van der Waals surface area contributed by atoms with E-state index in [1.807, 2.05) is 56.4 Å². The maximum absolute atomic E-state index is 14.0. The van der Waals surface area contributed by atoms with Gasteiger partial charge in [-0.3, -0.25) is 4.98 Å². The molecule has 9 rings (SSSR count). The number of para-hydroxylation sites is 3. The molecule has 0 aliphatic rings. The van der Waals surface area contributed by atoms with E-state index in [4.69, 9.17) is 11.3 Å². The van der Waals surface area contributed by atoms with Crippen LogP contribution in [0.25, 0.3) is 70.6 Å². The number of rotatable bonds is 7. The molecule has 0 amide bonds. The van der Waals surface area contributed by atoms with Crippen molar-refractivity contribution in [1.82, 2.24) is 19.5 Å². The van der Waals surface area contributed by atoms with Gasteiger partial charge in [0.15, 0.2) is 0 Å². The fourth-order valence-corrected chi connectivity index (χ4v) is 10.6. The Morgan fingerprint density at radius 2 is 1.46 bits per heavy atom. The Bertz CT molecular complexity index is 2970. The van der Waals surface area contributed by atoms with E-state index in [2.05, 4.69) is 124 Å². The van der Waals surface area contributed by atoms with E-state index in [9.17, 15) is 4.39 Å². The third-order valence-electron chi connectivity index (χ3n) is 10.8. The summed E-state index contributed by atoms with van der Waals surface area (Å²) in [5, 5.41) is 4.19. The smallest absolute Gasteiger partial charge is 0.123 e. The molecular weight excluding hydrogens is 940 g/mol. The summed E-state index contributed by atoms with van der Waals surface area (Å²) in [6, 6.07) is 42.6. The second-order valence-corrected chi connectivity index (χ2v) is 22.9. The molecule has 0 aliphatic heterocycles. The number of aromatic nitrogens is 4. The van der Waals surface area contributed by atoms with Crippen LogP contribution >= 0.6 is 11.3 Å². The van der Waals surface area contributed by atoms with Gasteiger partial charge in [-0.25, -0.2) is 9.37 Å². The van der Waals surface area contributed by atoms with Crippen LogP contribution < -0.4 is 5.19 Å². The van der Waals surface area contributed by atoms with E-state index in [-0.39, 0.29) is 25.9 Å². The molecule has 8 heteroatoms. The number of halogens is 1. The molecular formula is C51H49FIrN4SSi-2. The molecule has 0 unspecified atom stereocenters. The Morgan fingerprint density at radius 1 is 0.729 bits per heavy atom. The molecule has 5 aromatic carbocycles. The third-order valence-corrected chi connectivity index (χ3v) is 13.9. The van der Waals surface area contributed by atoms with E-state index in [0.717, 1.165) is 70.4 Å². The standard InChI is InChI=1S/C34H27FN3S.C17H22NSi.Ir/c1-19(2)23-9-7-10-24(20(3)4)31(23)38-30-14-6-5-13-29(30)36-33(38)26-12-8-11-25-27-18-21-17-22(35)15-16-28(21)37-34(27)39-32(25)26;1-13(2)15-11-16(14-9-7-6-8-10-14)18-12-17(15)19(3,4)5;/h5-11,13-20H,1-4H3;6-9,11-13H,1-5H3;/q2*-1;/i;13D;. The fourth-order valence-electron chi connectivity index (χ4n) is 7.82. The van der Waals surface area contributed by atoms with Gasteiger partial charge in [0, 0.05) is 44.1 Å². The largest absolute Gasteiger partial charge is 0.333 e. The number of imidazole rings is 1. The number of thiophene rings is 1. The van der Waals surface area contributed by atoms with E-state index in [1.165, 1.54) is 28.1 Å². The van der Waals surface area contributed by atoms with E-state index in [1.54, 1.807) is 23.5 Å². The predicted octanol–water partition coefficient (Wildman–Crippen LogP) is 14.0. The minimum Gasteiger partial charge on any atom is -0.333 e. The molecule has 0 spiro atoms. The van der Waals surface area contributed by atoms with Crippen molar-refractivity contribution in [1.29, 1.82) is 0 Å². The molecule has 4 heterocycles. The Labute approximate surface area is 367 Å². The van der Waals surface area contributed by atoms with Crippen molar-refractivity contribution < 1.29 is 25.9 Å².